The molecule has 2 aromatic carbocycles. The molecule has 0 aliphatic carbocycles. The van der Waals surface area contributed by atoms with Crippen LogP contribution in [0.1, 0.15) is 35.8 Å². The lowest BCUT2D eigenvalue weighted by Crippen LogP contribution is -2.56. The Bertz CT molecular complexity index is 1230. The van der Waals surface area contributed by atoms with Crippen LogP contribution in [0.4, 0.5) is 4.79 Å². The highest BCUT2D eigenvalue weighted by Gasteiger charge is 2.38. The van der Waals surface area contributed by atoms with Gasteiger partial charge >= 0.3 is 12.0 Å². The maximum absolute atomic E-state index is 13.2. The molecule has 3 amide bonds. The molecule has 2 aliphatic rings. The van der Waals surface area contributed by atoms with Crippen molar-refractivity contribution < 1.29 is 23.9 Å². The second-order valence-electron chi connectivity index (χ2n) is 9.39. The van der Waals surface area contributed by atoms with Gasteiger partial charge in [-0.2, -0.15) is 0 Å². The maximum atomic E-state index is 13.2. The predicted octanol–water partition coefficient (Wildman–Crippen LogP) is 3.71. The summed E-state index contributed by atoms with van der Waals surface area (Å²) in [6.07, 6.45) is 0. The number of methoxy groups -OCH3 is 1. The number of carbonyl (C=O) groups excluding carboxylic acids is 3. The van der Waals surface area contributed by atoms with E-state index >= 15 is 0 Å². The van der Waals surface area contributed by atoms with E-state index in [9.17, 15) is 14.4 Å². The van der Waals surface area contributed by atoms with E-state index in [-0.39, 0.29) is 24.6 Å². The number of urea groups is 1. The molecule has 2 atom stereocenters. The molecule has 0 radical (unpaired) electrons. The molecule has 0 spiro atoms. The summed E-state index contributed by atoms with van der Waals surface area (Å²) in [5.74, 6) is 0.170. The van der Waals surface area contributed by atoms with Crippen molar-refractivity contribution >= 4 is 29.5 Å². The Kier molecular flexibility index (Phi) is 8.58. The van der Waals surface area contributed by atoms with E-state index in [1.165, 1.54) is 4.90 Å². The summed E-state index contributed by atoms with van der Waals surface area (Å²) in [6, 6.07) is 13.1. The van der Waals surface area contributed by atoms with Crippen LogP contribution < -0.4 is 10.1 Å². The normalized spacial score (nSPS) is 20.3. The molecule has 0 aromatic heterocycles. The molecule has 2 heterocycles. The minimum Gasteiger partial charge on any atom is -0.497 e. The number of carbonyl (C=O) groups is 3. The van der Waals surface area contributed by atoms with Crippen molar-refractivity contribution in [2.75, 3.05) is 46.9 Å². The number of hydrogen-bond donors (Lipinski definition) is 1. The van der Waals surface area contributed by atoms with Gasteiger partial charge in [-0.1, -0.05) is 23.7 Å². The molecule has 38 heavy (non-hydrogen) atoms. The Balaban J connectivity index is 1.58. The zero-order valence-electron chi connectivity index (χ0n) is 22.1. The van der Waals surface area contributed by atoms with Gasteiger partial charge < -0.3 is 19.7 Å². The fourth-order valence-corrected chi connectivity index (χ4v) is 5.12. The fourth-order valence-electron chi connectivity index (χ4n) is 4.92. The molecule has 0 saturated carbocycles. The van der Waals surface area contributed by atoms with E-state index in [2.05, 4.69) is 10.2 Å². The average Bonchev–Trinajstić information content (AvgIpc) is 2.91. The summed E-state index contributed by atoms with van der Waals surface area (Å²) in [4.78, 5) is 44.8. The van der Waals surface area contributed by atoms with Gasteiger partial charge in [0.1, 0.15) is 5.75 Å². The number of benzene rings is 2. The molecular weight excluding hydrogens is 508 g/mol. The van der Waals surface area contributed by atoms with Crippen LogP contribution in [0.2, 0.25) is 5.02 Å². The van der Waals surface area contributed by atoms with Crippen molar-refractivity contribution in [1.82, 2.24) is 20.0 Å². The monoisotopic (exact) mass is 540 g/mol. The largest absolute Gasteiger partial charge is 0.497 e. The topological polar surface area (TPSA) is 91.4 Å². The van der Waals surface area contributed by atoms with E-state index in [0.717, 1.165) is 0 Å². The molecular formula is C28H33ClN4O5. The van der Waals surface area contributed by atoms with Gasteiger partial charge in [-0.25, -0.2) is 9.59 Å². The van der Waals surface area contributed by atoms with Gasteiger partial charge in [-0.05, 0) is 55.8 Å². The third kappa shape index (κ3) is 5.79. The molecule has 1 fully saturated rings. The first-order valence-electron chi connectivity index (χ1n) is 12.6. The van der Waals surface area contributed by atoms with Crippen molar-refractivity contribution in [3.8, 4) is 5.75 Å². The molecule has 1 saturated heterocycles. The highest BCUT2D eigenvalue weighted by Crippen LogP contribution is 2.33. The zero-order chi connectivity index (χ0) is 27.4. The van der Waals surface area contributed by atoms with Crippen LogP contribution in [0.25, 0.3) is 0 Å². The van der Waals surface area contributed by atoms with Gasteiger partial charge in [-0.3, -0.25) is 14.6 Å². The number of amides is 3. The third-order valence-corrected chi connectivity index (χ3v) is 7.17. The second kappa shape index (κ2) is 11.9. The summed E-state index contributed by atoms with van der Waals surface area (Å²) < 4.78 is 10.6. The van der Waals surface area contributed by atoms with E-state index in [1.807, 2.05) is 17.9 Å². The van der Waals surface area contributed by atoms with Crippen LogP contribution in [0.15, 0.2) is 59.8 Å². The van der Waals surface area contributed by atoms with Gasteiger partial charge in [0.2, 0.25) is 0 Å². The van der Waals surface area contributed by atoms with Gasteiger partial charge in [0.05, 0.1) is 25.3 Å². The lowest BCUT2D eigenvalue weighted by molar-refractivity contribution is -0.139. The molecule has 202 valence electrons. The number of halogens is 1. The fraction of sp³-hybridized carbons (Fsp3) is 0.393. The summed E-state index contributed by atoms with van der Waals surface area (Å²) >= 11 is 6.22. The first-order valence-corrected chi connectivity index (χ1v) is 13.0. The molecule has 2 aromatic rings. The number of esters is 1. The molecule has 4 rings (SSSR count). The molecule has 1 N–H and O–H groups in total. The molecule has 0 bridgehead atoms. The number of likely N-dealkylation sites (N-methyl/N-ethyl adjacent to an activating group) is 1. The summed E-state index contributed by atoms with van der Waals surface area (Å²) in [6.45, 7) is 5.99. The van der Waals surface area contributed by atoms with Crippen molar-refractivity contribution in [3.63, 3.8) is 0 Å². The minimum atomic E-state index is -0.693. The van der Waals surface area contributed by atoms with Crippen LogP contribution >= 0.6 is 11.6 Å². The average molecular weight is 541 g/mol. The number of rotatable bonds is 7. The smallest absolute Gasteiger partial charge is 0.338 e. The molecule has 10 heteroatoms. The van der Waals surface area contributed by atoms with E-state index in [0.29, 0.717) is 59.3 Å². The quantitative estimate of drug-likeness (QED) is 0.538. The van der Waals surface area contributed by atoms with Crippen molar-refractivity contribution in [2.45, 2.75) is 25.9 Å². The van der Waals surface area contributed by atoms with Crippen molar-refractivity contribution in [3.05, 3.63) is 76.0 Å². The summed E-state index contributed by atoms with van der Waals surface area (Å²) in [5, 5.41) is 3.42. The SMILES string of the molecule is CCOC(=O)C1=C(CN2CCN(C(=O)c3ccc(OC)cc3)C(C)C2)N(C)C(=O)NC1c1cccc(Cl)c1. The van der Waals surface area contributed by atoms with E-state index in [4.69, 9.17) is 21.1 Å². The lowest BCUT2D eigenvalue weighted by atomic mass is 9.94. The Morgan fingerprint density at radius 1 is 1.13 bits per heavy atom. The number of nitrogens with one attached hydrogen (secondary N) is 1. The van der Waals surface area contributed by atoms with E-state index in [1.54, 1.807) is 63.5 Å². The summed E-state index contributed by atoms with van der Waals surface area (Å²) in [5.41, 5.74) is 2.24. The van der Waals surface area contributed by atoms with Crippen LogP contribution in [0.5, 0.6) is 5.75 Å². The second-order valence-corrected chi connectivity index (χ2v) is 9.82. The molecule has 2 unspecified atom stereocenters. The van der Waals surface area contributed by atoms with Crippen LogP contribution in [0, 0.1) is 0 Å². The third-order valence-electron chi connectivity index (χ3n) is 6.94. The Morgan fingerprint density at radius 3 is 2.50 bits per heavy atom. The summed E-state index contributed by atoms with van der Waals surface area (Å²) in [7, 11) is 3.23. The predicted molar refractivity (Wildman–Crippen MR) is 144 cm³/mol. The first kappa shape index (κ1) is 27.5. The van der Waals surface area contributed by atoms with Crippen LogP contribution in [-0.4, -0.2) is 85.6 Å². The maximum Gasteiger partial charge on any atom is 0.338 e. The number of piperazine rings is 1. The van der Waals surface area contributed by atoms with Gasteiger partial charge in [0.25, 0.3) is 5.91 Å². The number of ether oxygens (including phenoxy) is 2. The zero-order valence-corrected chi connectivity index (χ0v) is 22.8. The number of hydrogen-bond acceptors (Lipinski definition) is 6. The van der Waals surface area contributed by atoms with Crippen LogP contribution in [-0.2, 0) is 9.53 Å². The number of nitrogens with zero attached hydrogens (tertiary/aromatic N) is 3. The van der Waals surface area contributed by atoms with Gasteiger partial charge in [0.15, 0.2) is 0 Å². The highest BCUT2D eigenvalue weighted by atomic mass is 35.5. The highest BCUT2D eigenvalue weighted by molar-refractivity contribution is 6.30. The molecule has 2 aliphatic heterocycles. The van der Waals surface area contributed by atoms with Gasteiger partial charge in [-0.15, -0.1) is 0 Å². The first-order chi connectivity index (χ1) is 18.2. The van der Waals surface area contributed by atoms with Crippen molar-refractivity contribution in [1.29, 1.82) is 0 Å². The van der Waals surface area contributed by atoms with Gasteiger partial charge in [0, 0.05) is 55.6 Å². The lowest BCUT2D eigenvalue weighted by Gasteiger charge is -2.42. The van der Waals surface area contributed by atoms with E-state index < -0.39 is 12.0 Å². The Labute approximate surface area is 227 Å². The Hall–Kier alpha value is -3.56. The van der Waals surface area contributed by atoms with Crippen LogP contribution in [0.3, 0.4) is 0 Å². The van der Waals surface area contributed by atoms with Crippen molar-refractivity contribution in [2.24, 2.45) is 0 Å². The minimum absolute atomic E-state index is 0.0404. The molecule has 9 nitrogen and oxygen atoms in total. The Morgan fingerprint density at radius 2 is 1.87 bits per heavy atom. The standard InChI is InChI=1S/C28H33ClN4O5/c1-5-38-27(35)24-23(31(3)28(36)30-25(24)20-7-6-8-21(29)15-20)17-32-13-14-33(18(2)16-32)26(34)19-9-11-22(37-4)12-10-19/h6-12,15,18,25H,5,13-14,16-17H2,1-4H3,(H,30,36).